The van der Waals surface area contributed by atoms with E-state index in [9.17, 15) is 4.79 Å². The topological polar surface area (TPSA) is 65.7 Å². The SMILES string of the molecule is CCOc1ccc(Br)cc1C=Nn1c(-c2cc(C(C)C)c(OC)cc2C)nc2ccccc2c1=O. The zero-order valence-electron chi connectivity index (χ0n) is 20.5. The Bertz CT molecular complexity index is 1470. The molecule has 0 radical (unpaired) electrons. The molecule has 0 saturated heterocycles. The Labute approximate surface area is 213 Å². The third kappa shape index (κ3) is 5.00. The summed E-state index contributed by atoms with van der Waals surface area (Å²) in [6.45, 7) is 8.65. The highest BCUT2D eigenvalue weighted by molar-refractivity contribution is 9.10. The van der Waals surface area contributed by atoms with Crippen LogP contribution in [0.25, 0.3) is 22.3 Å². The smallest absolute Gasteiger partial charge is 0.282 e. The molecule has 7 heteroatoms. The molecule has 0 unspecified atom stereocenters. The van der Waals surface area contributed by atoms with Crippen LogP contribution in [-0.4, -0.2) is 29.6 Å². The lowest BCUT2D eigenvalue weighted by molar-refractivity contribution is 0.339. The molecule has 1 aromatic heterocycles. The van der Waals surface area contributed by atoms with Crippen molar-refractivity contribution in [2.75, 3.05) is 13.7 Å². The first-order valence-corrected chi connectivity index (χ1v) is 12.3. The summed E-state index contributed by atoms with van der Waals surface area (Å²) in [5, 5.41) is 5.13. The number of para-hydroxylation sites is 1. The van der Waals surface area contributed by atoms with Crippen molar-refractivity contribution in [3.05, 3.63) is 86.1 Å². The van der Waals surface area contributed by atoms with Gasteiger partial charge in [0.1, 0.15) is 11.5 Å². The van der Waals surface area contributed by atoms with Crippen molar-refractivity contribution in [2.24, 2.45) is 5.10 Å². The molecule has 0 bridgehead atoms. The minimum Gasteiger partial charge on any atom is -0.496 e. The maximum absolute atomic E-state index is 13.6. The summed E-state index contributed by atoms with van der Waals surface area (Å²) >= 11 is 3.51. The van der Waals surface area contributed by atoms with Crippen LogP contribution in [-0.2, 0) is 0 Å². The lowest BCUT2D eigenvalue weighted by Crippen LogP contribution is -2.21. The number of rotatable bonds is 7. The molecule has 0 aliphatic rings. The van der Waals surface area contributed by atoms with Crippen LogP contribution in [0.2, 0.25) is 0 Å². The van der Waals surface area contributed by atoms with E-state index in [-0.39, 0.29) is 11.5 Å². The predicted octanol–water partition coefficient (Wildman–Crippen LogP) is 6.55. The largest absolute Gasteiger partial charge is 0.496 e. The molecule has 4 aromatic rings. The van der Waals surface area contributed by atoms with Gasteiger partial charge >= 0.3 is 0 Å². The van der Waals surface area contributed by atoms with Gasteiger partial charge < -0.3 is 9.47 Å². The molecule has 180 valence electrons. The van der Waals surface area contributed by atoms with Crippen LogP contribution in [0.5, 0.6) is 11.5 Å². The van der Waals surface area contributed by atoms with E-state index in [0.717, 1.165) is 32.5 Å². The lowest BCUT2D eigenvalue weighted by atomic mass is 9.96. The number of hydrogen-bond donors (Lipinski definition) is 0. The molecule has 0 fully saturated rings. The number of hydrogen-bond acceptors (Lipinski definition) is 5. The van der Waals surface area contributed by atoms with Gasteiger partial charge in [-0.25, -0.2) is 4.98 Å². The van der Waals surface area contributed by atoms with Crippen LogP contribution in [0.3, 0.4) is 0 Å². The summed E-state index contributed by atoms with van der Waals surface area (Å²) in [6.07, 6.45) is 1.64. The Balaban J connectivity index is 1.99. The van der Waals surface area contributed by atoms with E-state index < -0.39 is 0 Å². The van der Waals surface area contributed by atoms with Gasteiger partial charge in [-0.05, 0) is 73.4 Å². The summed E-state index contributed by atoms with van der Waals surface area (Å²) in [4.78, 5) is 18.5. The molecule has 0 aliphatic heterocycles. The molecule has 4 rings (SSSR count). The fourth-order valence-corrected chi connectivity index (χ4v) is 4.38. The molecular formula is C28H28BrN3O3. The van der Waals surface area contributed by atoms with E-state index >= 15 is 0 Å². The molecule has 0 atom stereocenters. The molecular weight excluding hydrogens is 506 g/mol. The first kappa shape index (κ1) is 24.7. The second kappa shape index (κ2) is 10.4. The minimum atomic E-state index is -0.240. The maximum Gasteiger partial charge on any atom is 0.282 e. The number of benzene rings is 3. The number of fused-ring (bicyclic) bond motifs is 1. The zero-order valence-corrected chi connectivity index (χ0v) is 22.1. The number of aromatic nitrogens is 2. The Kier molecular flexibility index (Phi) is 7.36. The van der Waals surface area contributed by atoms with Crippen LogP contribution >= 0.6 is 15.9 Å². The van der Waals surface area contributed by atoms with Crippen molar-refractivity contribution in [1.29, 1.82) is 0 Å². The number of ether oxygens (including phenoxy) is 2. The van der Waals surface area contributed by atoms with E-state index in [2.05, 4.69) is 34.9 Å². The summed E-state index contributed by atoms with van der Waals surface area (Å²) in [6, 6.07) is 17.0. The molecule has 35 heavy (non-hydrogen) atoms. The molecule has 6 nitrogen and oxygen atoms in total. The van der Waals surface area contributed by atoms with Gasteiger partial charge in [0.25, 0.3) is 5.56 Å². The fourth-order valence-electron chi connectivity index (χ4n) is 4.00. The zero-order chi connectivity index (χ0) is 25.1. The van der Waals surface area contributed by atoms with Crippen molar-refractivity contribution in [1.82, 2.24) is 9.66 Å². The van der Waals surface area contributed by atoms with Gasteiger partial charge in [-0.3, -0.25) is 4.79 Å². The number of halogens is 1. The first-order valence-electron chi connectivity index (χ1n) is 11.5. The molecule has 0 N–H and O–H groups in total. The van der Waals surface area contributed by atoms with Gasteiger partial charge in [-0.2, -0.15) is 9.78 Å². The highest BCUT2D eigenvalue weighted by Gasteiger charge is 2.18. The van der Waals surface area contributed by atoms with Gasteiger partial charge in [0, 0.05) is 15.6 Å². The Hall–Kier alpha value is -3.45. The normalized spacial score (nSPS) is 11.5. The predicted molar refractivity (Wildman–Crippen MR) is 145 cm³/mol. The standard InChI is InChI=1S/C28H28BrN3O3/c1-6-35-25-12-11-20(29)14-19(25)16-30-32-27(31-24-10-8-7-9-21(24)28(32)33)23-15-22(17(2)3)26(34-5)13-18(23)4/h7-17H,6H2,1-5H3. The van der Waals surface area contributed by atoms with Crippen molar-refractivity contribution >= 4 is 33.0 Å². The second-order valence-corrected chi connectivity index (χ2v) is 9.41. The van der Waals surface area contributed by atoms with E-state index in [0.29, 0.717) is 29.1 Å². The second-order valence-electron chi connectivity index (χ2n) is 8.49. The van der Waals surface area contributed by atoms with E-state index in [1.165, 1.54) is 4.68 Å². The van der Waals surface area contributed by atoms with Crippen molar-refractivity contribution < 1.29 is 9.47 Å². The van der Waals surface area contributed by atoms with Crippen LogP contribution < -0.4 is 15.0 Å². The third-order valence-corrected chi connectivity index (χ3v) is 6.27. The van der Waals surface area contributed by atoms with Crippen molar-refractivity contribution in [3.8, 4) is 22.9 Å². The highest BCUT2D eigenvalue weighted by Crippen LogP contribution is 2.34. The average molecular weight is 534 g/mol. The van der Waals surface area contributed by atoms with Gasteiger partial charge in [0.15, 0.2) is 5.82 Å². The molecule has 3 aromatic carbocycles. The molecule has 0 spiro atoms. The van der Waals surface area contributed by atoms with E-state index in [1.807, 2.05) is 62.4 Å². The molecule has 0 amide bonds. The highest BCUT2D eigenvalue weighted by atomic mass is 79.9. The van der Waals surface area contributed by atoms with Crippen LogP contribution in [0, 0.1) is 6.92 Å². The summed E-state index contributed by atoms with van der Waals surface area (Å²) < 4.78 is 13.6. The van der Waals surface area contributed by atoms with Gasteiger partial charge in [0.2, 0.25) is 0 Å². The van der Waals surface area contributed by atoms with E-state index in [1.54, 1.807) is 19.4 Å². The Morgan fingerprint density at radius 2 is 1.89 bits per heavy atom. The van der Waals surface area contributed by atoms with Crippen LogP contribution in [0.15, 0.2) is 69.0 Å². The summed E-state index contributed by atoms with van der Waals surface area (Å²) in [7, 11) is 1.67. The van der Waals surface area contributed by atoms with Crippen LogP contribution in [0.1, 0.15) is 43.4 Å². The van der Waals surface area contributed by atoms with Gasteiger partial charge in [-0.15, -0.1) is 0 Å². The minimum absolute atomic E-state index is 0.226. The Morgan fingerprint density at radius 3 is 2.60 bits per heavy atom. The fraction of sp³-hybridized carbons (Fsp3) is 0.250. The quantitative estimate of drug-likeness (QED) is 0.252. The maximum atomic E-state index is 13.6. The monoisotopic (exact) mass is 533 g/mol. The molecule has 1 heterocycles. The van der Waals surface area contributed by atoms with E-state index in [4.69, 9.17) is 14.5 Å². The number of methoxy groups -OCH3 is 1. The Morgan fingerprint density at radius 1 is 1.11 bits per heavy atom. The number of aryl methyl sites for hydroxylation is 1. The molecule has 0 saturated carbocycles. The average Bonchev–Trinajstić information content (AvgIpc) is 2.84. The number of nitrogens with zero attached hydrogens (tertiary/aromatic N) is 3. The van der Waals surface area contributed by atoms with Crippen LogP contribution in [0.4, 0.5) is 0 Å². The summed E-state index contributed by atoms with van der Waals surface area (Å²) in [5.74, 6) is 2.20. The summed E-state index contributed by atoms with van der Waals surface area (Å²) in [5.41, 5.74) is 3.94. The third-order valence-electron chi connectivity index (χ3n) is 5.78. The van der Waals surface area contributed by atoms with Crippen molar-refractivity contribution in [3.63, 3.8) is 0 Å². The lowest BCUT2D eigenvalue weighted by Gasteiger charge is -2.17. The first-order chi connectivity index (χ1) is 16.8. The van der Waals surface area contributed by atoms with Crippen molar-refractivity contribution in [2.45, 2.75) is 33.6 Å². The van der Waals surface area contributed by atoms with Gasteiger partial charge in [-0.1, -0.05) is 41.9 Å². The van der Waals surface area contributed by atoms with Gasteiger partial charge in [0.05, 0.1) is 30.8 Å². The molecule has 0 aliphatic carbocycles.